The van der Waals surface area contributed by atoms with Crippen molar-refractivity contribution >= 4 is 5.91 Å². The molecule has 0 spiro atoms. The predicted octanol–water partition coefficient (Wildman–Crippen LogP) is 0.977. The van der Waals surface area contributed by atoms with E-state index in [9.17, 15) is 4.79 Å². The molecule has 0 aromatic carbocycles. The van der Waals surface area contributed by atoms with E-state index in [-0.39, 0.29) is 11.9 Å². The van der Waals surface area contributed by atoms with Crippen LogP contribution in [0.2, 0.25) is 0 Å². The summed E-state index contributed by atoms with van der Waals surface area (Å²) in [6.45, 7) is 1.71. The van der Waals surface area contributed by atoms with Crippen LogP contribution < -0.4 is 5.32 Å². The van der Waals surface area contributed by atoms with Gasteiger partial charge in [-0.25, -0.2) is 0 Å². The zero-order valence-corrected chi connectivity index (χ0v) is 10.5. The maximum Gasteiger partial charge on any atom is 0.239 e. The Morgan fingerprint density at radius 3 is 3.00 bits per heavy atom. The molecule has 96 valence electrons. The third-order valence-electron chi connectivity index (χ3n) is 3.70. The van der Waals surface area contributed by atoms with Gasteiger partial charge in [-0.15, -0.1) is 0 Å². The Kier molecular flexibility index (Phi) is 3.28. The topological polar surface area (TPSA) is 45.2 Å². The van der Waals surface area contributed by atoms with Crippen molar-refractivity contribution in [3.8, 4) is 0 Å². The number of carbonyl (C=O) groups is 1. The third kappa shape index (κ3) is 2.70. The molecular formula is C14H19N3O. The summed E-state index contributed by atoms with van der Waals surface area (Å²) in [7, 11) is 0. The lowest BCUT2D eigenvalue weighted by Crippen LogP contribution is -2.39. The molecule has 4 heteroatoms. The van der Waals surface area contributed by atoms with Crippen LogP contribution in [0, 0.1) is 0 Å². The smallest absolute Gasteiger partial charge is 0.239 e. The zero-order valence-electron chi connectivity index (χ0n) is 10.5. The van der Waals surface area contributed by atoms with E-state index in [4.69, 9.17) is 0 Å². The van der Waals surface area contributed by atoms with Crippen LogP contribution in [0.1, 0.15) is 24.8 Å². The normalized spacial score (nSPS) is 23.7. The van der Waals surface area contributed by atoms with Gasteiger partial charge in [-0.2, -0.15) is 0 Å². The average Bonchev–Trinajstić information content (AvgIpc) is 3.15. The van der Waals surface area contributed by atoms with Crippen LogP contribution in [0.4, 0.5) is 0 Å². The molecular weight excluding hydrogens is 226 g/mol. The number of nitrogens with one attached hydrogen (secondary N) is 1. The Morgan fingerprint density at radius 1 is 1.39 bits per heavy atom. The molecule has 1 N–H and O–H groups in total. The Hall–Kier alpha value is -1.42. The van der Waals surface area contributed by atoms with Gasteiger partial charge < -0.3 is 10.2 Å². The molecule has 0 radical (unpaired) electrons. The lowest BCUT2D eigenvalue weighted by Gasteiger charge is -2.17. The summed E-state index contributed by atoms with van der Waals surface area (Å²) in [6.07, 6.45) is 7.98. The van der Waals surface area contributed by atoms with E-state index in [0.29, 0.717) is 6.04 Å². The van der Waals surface area contributed by atoms with Crippen molar-refractivity contribution in [1.82, 2.24) is 15.2 Å². The van der Waals surface area contributed by atoms with Gasteiger partial charge in [0.05, 0.1) is 6.04 Å². The van der Waals surface area contributed by atoms with Gasteiger partial charge in [-0.3, -0.25) is 9.78 Å². The van der Waals surface area contributed by atoms with Gasteiger partial charge in [0.15, 0.2) is 0 Å². The summed E-state index contributed by atoms with van der Waals surface area (Å²) in [6, 6.07) is 4.69. The first-order chi connectivity index (χ1) is 8.83. The van der Waals surface area contributed by atoms with Crippen molar-refractivity contribution in [2.45, 2.75) is 37.8 Å². The zero-order chi connectivity index (χ0) is 12.4. The minimum absolute atomic E-state index is 0.0754. The van der Waals surface area contributed by atoms with Crippen molar-refractivity contribution in [2.24, 2.45) is 0 Å². The third-order valence-corrected chi connectivity index (χ3v) is 3.70. The van der Waals surface area contributed by atoms with E-state index in [0.717, 1.165) is 25.9 Å². The van der Waals surface area contributed by atoms with Crippen molar-refractivity contribution in [1.29, 1.82) is 0 Å². The SMILES string of the molecule is O=C1C(NC2CC2)CCN1CCc1cccnc1. The molecule has 1 saturated heterocycles. The highest BCUT2D eigenvalue weighted by atomic mass is 16.2. The molecule has 1 aliphatic carbocycles. The molecule has 1 aromatic heterocycles. The summed E-state index contributed by atoms with van der Waals surface area (Å²) in [5.74, 6) is 0.283. The summed E-state index contributed by atoms with van der Waals surface area (Å²) >= 11 is 0. The molecule has 3 rings (SSSR count). The molecule has 1 saturated carbocycles. The van der Waals surface area contributed by atoms with Crippen LogP contribution in [0.15, 0.2) is 24.5 Å². The van der Waals surface area contributed by atoms with Crippen LogP contribution in [-0.4, -0.2) is 41.0 Å². The number of hydrogen-bond acceptors (Lipinski definition) is 3. The first kappa shape index (κ1) is 11.7. The first-order valence-electron chi connectivity index (χ1n) is 6.76. The Balaban J connectivity index is 1.50. The molecule has 1 aliphatic heterocycles. The number of nitrogens with zero attached hydrogens (tertiary/aromatic N) is 2. The number of aromatic nitrogens is 1. The Bertz CT molecular complexity index is 416. The largest absolute Gasteiger partial charge is 0.341 e. The van der Waals surface area contributed by atoms with E-state index in [1.807, 2.05) is 17.2 Å². The number of carbonyl (C=O) groups excluding carboxylic acids is 1. The molecule has 2 aliphatic rings. The first-order valence-corrected chi connectivity index (χ1v) is 6.76. The van der Waals surface area contributed by atoms with Crippen LogP contribution in [0.3, 0.4) is 0 Å². The number of hydrogen-bond donors (Lipinski definition) is 1. The quantitative estimate of drug-likeness (QED) is 0.841. The van der Waals surface area contributed by atoms with E-state index >= 15 is 0 Å². The van der Waals surface area contributed by atoms with Crippen molar-refractivity contribution in [2.75, 3.05) is 13.1 Å². The summed E-state index contributed by atoms with van der Waals surface area (Å²) in [5.41, 5.74) is 1.20. The number of amides is 1. The van der Waals surface area contributed by atoms with Crippen molar-refractivity contribution < 1.29 is 4.79 Å². The van der Waals surface area contributed by atoms with Crippen LogP contribution in [0.25, 0.3) is 0 Å². The van der Waals surface area contributed by atoms with Gasteiger partial charge in [-0.1, -0.05) is 6.07 Å². The summed E-state index contributed by atoms with van der Waals surface area (Å²) in [5, 5.41) is 3.43. The van der Waals surface area contributed by atoms with Gasteiger partial charge in [-0.05, 0) is 37.3 Å². The molecule has 1 unspecified atom stereocenters. The molecule has 1 aromatic rings. The van der Waals surface area contributed by atoms with Crippen LogP contribution >= 0.6 is 0 Å². The van der Waals surface area contributed by atoms with Crippen LogP contribution in [-0.2, 0) is 11.2 Å². The minimum atomic E-state index is 0.0754. The lowest BCUT2D eigenvalue weighted by atomic mass is 10.2. The molecule has 2 heterocycles. The highest BCUT2D eigenvalue weighted by molar-refractivity contribution is 5.84. The van der Waals surface area contributed by atoms with Crippen molar-refractivity contribution in [3.63, 3.8) is 0 Å². The number of rotatable bonds is 5. The highest BCUT2D eigenvalue weighted by Gasteiger charge is 2.35. The van der Waals surface area contributed by atoms with E-state index < -0.39 is 0 Å². The summed E-state index contributed by atoms with van der Waals surface area (Å²) < 4.78 is 0. The molecule has 1 atom stereocenters. The molecule has 1 amide bonds. The van der Waals surface area contributed by atoms with Crippen molar-refractivity contribution in [3.05, 3.63) is 30.1 Å². The lowest BCUT2D eigenvalue weighted by molar-refractivity contribution is -0.129. The van der Waals surface area contributed by atoms with Gasteiger partial charge >= 0.3 is 0 Å². The Labute approximate surface area is 107 Å². The highest BCUT2D eigenvalue weighted by Crippen LogP contribution is 2.22. The van der Waals surface area contributed by atoms with Gasteiger partial charge in [0.25, 0.3) is 0 Å². The second kappa shape index (κ2) is 5.06. The average molecular weight is 245 g/mol. The predicted molar refractivity (Wildman–Crippen MR) is 69.1 cm³/mol. The second-order valence-electron chi connectivity index (χ2n) is 5.22. The molecule has 2 fully saturated rings. The fourth-order valence-corrected chi connectivity index (χ4v) is 2.46. The number of pyridine rings is 1. The van der Waals surface area contributed by atoms with Gasteiger partial charge in [0.2, 0.25) is 5.91 Å². The fourth-order valence-electron chi connectivity index (χ4n) is 2.46. The monoisotopic (exact) mass is 245 g/mol. The van der Waals surface area contributed by atoms with Gasteiger partial charge in [0, 0.05) is 31.5 Å². The molecule has 4 nitrogen and oxygen atoms in total. The molecule has 0 bridgehead atoms. The summed E-state index contributed by atoms with van der Waals surface area (Å²) in [4.78, 5) is 18.2. The van der Waals surface area contributed by atoms with E-state index in [1.165, 1.54) is 18.4 Å². The maximum atomic E-state index is 12.1. The minimum Gasteiger partial charge on any atom is -0.341 e. The maximum absolute atomic E-state index is 12.1. The van der Waals surface area contributed by atoms with Crippen LogP contribution in [0.5, 0.6) is 0 Å². The Morgan fingerprint density at radius 2 is 2.28 bits per heavy atom. The number of likely N-dealkylation sites (tertiary alicyclic amines) is 1. The second-order valence-corrected chi connectivity index (χ2v) is 5.22. The molecule has 18 heavy (non-hydrogen) atoms. The van der Waals surface area contributed by atoms with E-state index in [1.54, 1.807) is 6.20 Å². The fraction of sp³-hybridized carbons (Fsp3) is 0.571. The van der Waals surface area contributed by atoms with E-state index in [2.05, 4.69) is 16.4 Å². The standard InChI is InChI=1S/C14H19N3O/c18-14-13(16-12-3-4-12)6-9-17(14)8-5-11-2-1-7-15-10-11/h1-2,7,10,12-13,16H,3-6,8-9H2. The van der Waals surface area contributed by atoms with Gasteiger partial charge in [0.1, 0.15) is 0 Å².